The van der Waals surface area contributed by atoms with Crippen LogP contribution in [0.15, 0.2) is 40.2 Å². The number of rotatable bonds is 3. The summed E-state index contributed by atoms with van der Waals surface area (Å²) in [6.07, 6.45) is 2.18. The van der Waals surface area contributed by atoms with E-state index in [2.05, 4.69) is 0 Å². The number of nitrogens with zero attached hydrogens (tertiary/aromatic N) is 2. The van der Waals surface area contributed by atoms with Gasteiger partial charge in [-0.2, -0.15) is 4.31 Å². The van der Waals surface area contributed by atoms with Crippen molar-refractivity contribution < 1.29 is 13.2 Å². The Morgan fingerprint density at radius 3 is 2.67 bits per heavy atom. The van der Waals surface area contributed by atoms with Gasteiger partial charge in [-0.05, 0) is 35.7 Å². The minimum atomic E-state index is -3.76. The second-order valence-electron chi connectivity index (χ2n) is 5.66. The number of benzene rings is 1. The molecule has 0 amide bonds. The second-order valence-corrected chi connectivity index (χ2v) is 8.00. The smallest absolute Gasteiger partial charge is 0.250 e. The van der Waals surface area contributed by atoms with Gasteiger partial charge in [0.25, 0.3) is 5.56 Å². The molecule has 1 aliphatic rings. The van der Waals surface area contributed by atoms with Crippen LogP contribution < -0.4 is 10.3 Å². The monoisotopic (exact) mass is 368 g/mol. The Morgan fingerprint density at radius 2 is 1.96 bits per heavy atom. The van der Waals surface area contributed by atoms with Crippen molar-refractivity contribution in [2.75, 3.05) is 13.7 Å². The molecule has 0 fully saturated rings. The van der Waals surface area contributed by atoms with Gasteiger partial charge < -0.3 is 9.30 Å². The third-order valence-electron chi connectivity index (χ3n) is 4.13. The highest BCUT2D eigenvalue weighted by atomic mass is 35.5. The van der Waals surface area contributed by atoms with Crippen LogP contribution in [0.1, 0.15) is 11.1 Å². The van der Waals surface area contributed by atoms with Crippen LogP contribution in [0, 0.1) is 0 Å². The molecule has 1 aromatic heterocycles. The molecule has 8 heteroatoms. The van der Waals surface area contributed by atoms with Crippen LogP contribution in [0.25, 0.3) is 0 Å². The Bertz CT molecular complexity index is 953. The molecule has 24 heavy (non-hydrogen) atoms. The predicted octanol–water partition coefficient (Wildman–Crippen LogP) is 1.79. The maximum Gasteiger partial charge on any atom is 0.250 e. The van der Waals surface area contributed by atoms with Gasteiger partial charge in [0.2, 0.25) is 10.0 Å². The van der Waals surface area contributed by atoms with Crippen LogP contribution in [0.4, 0.5) is 0 Å². The van der Waals surface area contributed by atoms with Crippen LogP contribution >= 0.6 is 11.6 Å². The molecule has 0 radical (unpaired) electrons. The molecular formula is C16H17ClN2O4S. The first-order valence-electron chi connectivity index (χ1n) is 7.35. The maximum absolute atomic E-state index is 13.0. The van der Waals surface area contributed by atoms with E-state index in [9.17, 15) is 13.2 Å². The first-order chi connectivity index (χ1) is 11.3. The third-order valence-corrected chi connectivity index (χ3v) is 6.23. The maximum atomic E-state index is 13.0. The Labute approximate surface area is 145 Å². The second kappa shape index (κ2) is 6.23. The first kappa shape index (κ1) is 17.0. The summed E-state index contributed by atoms with van der Waals surface area (Å²) in [5, 5.41) is 0.328. The molecule has 3 rings (SSSR count). The lowest BCUT2D eigenvalue weighted by atomic mass is 10.0. The normalized spacial score (nSPS) is 15.1. The number of aromatic nitrogens is 1. The van der Waals surface area contributed by atoms with Crippen LogP contribution in [0.3, 0.4) is 0 Å². The number of aryl methyl sites for hydroxylation is 1. The number of hydrogen-bond donors (Lipinski definition) is 0. The van der Waals surface area contributed by atoms with E-state index in [4.69, 9.17) is 16.3 Å². The Hall–Kier alpha value is -1.83. The van der Waals surface area contributed by atoms with Gasteiger partial charge in [-0.3, -0.25) is 4.79 Å². The van der Waals surface area contributed by atoms with Crippen molar-refractivity contribution in [2.24, 2.45) is 7.05 Å². The SMILES string of the molecule is COc1ccc(Cl)cc1S(=O)(=O)N1CCc2cc(=O)n(C)cc2C1. The topological polar surface area (TPSA) is 68.6 Å². The highest BCUT2D eigenvalue weighted by Crippen LogP contribution is 2.31. The molecule has 0 bridgehead atoms. The van der Waals surface area contributed by atoms with Gasteiger partial charge in [0, 0.05) is 37.4 Å². The van der Waals surface area contributed by atoms with Crippen molar-refractivity contribution in [1.29, 1.82) is 0 Å². The average Bonchev–Trinajstić information content (AvgIpc) is 2.55. The van der Waals surface area contributed by atoms with Crippen molar-refractivity contribution in [3.63, 3.8) is 0 Å². The third kappa shape index (κ3) is 2.94. The van der Waals surface area contributed by atoms with Crippen molar-refractivity contribution in [1.82, 2.24) is 8.87 Å². The fourth-order valence-electron chi connectivity index (χ4n) is 2.81. The van der Waals surface area contributed by atoms with Gasteiger partial charge in [0.1, 0.15) is 10.6 Å². The van der Waals surface area contributed by atoms with E-state index in [1.165, 1.54) is 28.1 Å². The molecule has 0 N–H and O–H groups in total. The quantitative estimate of drug-likeness (QED) is 0.828. The van der Waals surface area contributed by atoms with Gasteiger partial charge in [-0.15, -0.1) is 0 Å². The van der Waals surface area contributed by atoms with E-state index in [1.54, 1.807) is 25.4 Å². The van der Waals surface area contributed by atoms with Crippen LogP contribution in [0.5, 0.6) is 5.75 Å². The molecule has 0 saturated heterocycles. The van der Waals surface area contributed by atoms with Crippen LogP contribution in [0.2, 0.25) is 5.02 Å². The molecule has 0 spiro atoms. The average molecular weight is 369 g/mol. The summed E-state index contributed by atoms with van der Waals surface area (Å²) in [5.41, 5.74) is 1.62. The fourth-order valence-corrected chi connectivity index (χ4v) is 4.65. The first-order valence-corrected chi connectivity index (χ1v) is 9.17. The molecule has 2 heterocycles. The molecule has 0 aliphatic carbocycles. The summed E-state index contributed by atoms with van der Waals surface area (Å²) >= 11 is 5.96. The van der Waals surface area contributed by atoms with Crippen molar-refractivity contribution in [3.8, 4) is 5.75 Å². The number of ether oxygens (including phenoxy) is 1. The summed E-state index contributed by atoms with van der Waals surface area (Å²) < 4.78 is 34.0. The molecule has 128 valence electrons. The number of hydrogen-bond acceptors (Lipinski definition) is 4. The zero-order valence-corrected chi connectivity index (χ0v) is 14.9. The van der Waals surface area contributed by atoms with E-state index in [0.29, 0.717) is 18.0 Å². The van der Waals surface area contributed by atoms with Crippen LogP contribution in [-0.2, 0) is 30.0 Å². The standard InChI is InChI=1S/C16H17ClN2O4S/c1-18-9-12-10-19(6-5-11(12)7-16(18)20)24(21,22)15-8-13(17)3-4-14(15)23-2/h3-4,7-9H,5-6,10H2,1-2H3. The molecular weight excluding hydrogens is 352 g/mol. The molecule has 1 aromatic carbocycles. The lowest BCUT2D eigenvalue weighted by Crippen LogP contribution is -2.37. The molecule has 0 unspecified atom stereocenters. The van der Waals surface area contributed by atoms with E-state index >= 15 is 0 Å². The number of pyridine rings is 1. The predicted molar refractivity (Wildman–Crippen MR) is 91.0 cm³/mol. The van der Waals surface area contributed by atoms with Crippen LogP contribution in [-0.4, -0.2) is 30.9 Å². The number of sulfonamides is 1. The van der Waals surface area contributed by atoms with Crippen molar-refractivity contribution in [2.45, 2.75) is 17.9 Å². The van der Waals surface area contributed by atoms with Gasteiger partial charge in [0.05, 0.1) is 7.11 Å². The van der Waals surface area contributed by atoms with Gasteiger partial charge >= 0.3 is 0 Å². The minimum absolute atomic E-state index is 0.0470. The number of fused-ring (bicyclic) bond motifs is 1. The number of methoxy groups -OCH3 is 1. The summed E-state index contributed by atoms with van der Waals surface area (Å²) in [7, 11) is -0.687. The molecule has 1 aliphatic heterocycles. The van der Waals surface area contributed by atoms with Gasteiger partial charge in [0.15, 0.2) is 0 Å². The summed E-state index contributed by atoms with van der Waals surface area (Å²) in [5.74, 6) is 0.255. The molecule has 0 atom stereocenters. The largest absolute Gasteiger partial charge is 0.495 e. The van der Waals surface area contributed by atoms with E-state index in [-0.39, 0.29) is 22.7 Å². The van der Waals surface area contributed by atoms with E-state index in [1.807, 2.05) is 0 Å². The zero-order valence-electron chi connectivity index (χ0n) is 13.3. The summed E-state index contributed by atoms with van der Waals surface area (Å²) in [6.45, 7) is 0.514. The Kier molecular flexibility index (Phi) is 4.42. The lowest BCUT2D eigenvalue weighted by molar-refractivity contribution is 0.376. The molecule has 2 aromatic rings. The van der Waals surface area contributed by atoms with E-state index in [0.717, 1.165) is 11.1 Å². The highest BCUT2D eigenvalue weighted by molar-refractivity contribution is 7.89. The number of halogens is 1. The minimum Gasteiger partial charge on any atom is -0.495 e. The van der Waals surface area contributed by atoms with Gasteiger partial charge in [-0.25, -0.2) is 8.42 Å². The van der Waals surface area contributed by atoms with Crippen molar-refractivity contribution >= 4 is 21.6 Å². The zero-order chi connectivity index (χ0) is 17.5. The Balaban J connectivity index is 2.02. The van der Waals surface area contributed by atoms with Crippen molar-refractivity contribution in [3.05, 3.63) is 57.0 Å². The Morgan fingerprint density at radius 1 is 1.21 bits per heavy atom. The summed E-state index contributed by atoms with van der Waals surface area (Å²) in [6, 6.07) is 6.09. The molecule has 6 nitrogen and oxygen atoms in total. The fraction of sp³-hybridized carbons (Fsp3) is 0.312. The van der Waals surface area contributed by atoms with E-state index < -0.39 is 10.0 Å². The van der Waals surface area contributed by atoms with Gasteiger partial charge in [-0.1, -0.05) is 11.6 Å². The molecule has 0 saturated carbocycles. The highest BCUT2D eigenvalue weighted by Gasteiger charge is 2.31. The summed E-state index contributed by atoms with van der Waals surface area (Å²) in [4.78, 5) is 11.8. The lowest BCUT2D eigenvalue weighted by Gasteiger charge is -2.28.